The third-order valence-electron chi connectivity index (χ3n) is 3.18. The van der Waals surface area contributed by atoms with Crippen LogP contribution in [0.1, 0.15) is 29.3 Å². The number of amides is 1. The smallest absolute Gasteiger partial charge is 0.352 e. The molecule has 2 rings (SSSR count). The molecule has 0 saturated carbocycles. The lowest BCUT2D eigenvalue weighted by atomic mass is 10.1. The Kier molecular flexibility index (Phi) is 3.97. The molecule has 1 aromatic carbocycles. The van der Waals surface area contributed by atoms with Gasteiger partial charge in [0.2, 0.25) is 0 Å². The standard InChI is InChI=1S/C13H13F4N3O/c1-2-8-5-9(7-10(14)6-8)11(21)18-4-3-12(19-20-12)13(15,16)17/h5-7H,2-4H2,1H3,(H,18,21). The van der Waals surface area contributed by atoms with E-state index in [1.165, 1.54) is 12.1 Å². The first-order valence-corrected chi connectivity index (χ1v) is 6.36. The number of nitrogens with zero attached hydrogens (tertiary/aromatic N) is 2. The Hall–Kier alpha value is -1.99. The second-order valence-electron chi connectivity index (χ2n) is 4.72. The van der Waals surface area contributed by atoms with Crippen molar-refractivity contribution in [1.29, 1.82) is 0 Å². The van der Waals surface area contributed by atoms with E-state index in [4.69, 9.17) is 0 Å². The average Bonchev–Trinajstić information content (AvgIpc) is 3.18. The van der Waals surface area contributed by atoms with Gasteiger partial charge in [0.05, 0.1) is 0 Å². The van der Waals surface area contributed by atoms with Crippen molar-refractivity contribution in [2.24, 2.45) is 10.2 Å². The number of benzene rings is 1. The number of halogens is 4. The zero-order chi connectivity index (χ0) is 15.7. The van der Waals surface area contributed by atoms with E-state index in [1.54, 1.807) is 6.92 Å². The number of nitrogens with one attached hydrogen (secondary N) is 1. The molecule has 1 aliphatic heterocycles. The van der Waals surface area contributed by atoms with Gasteiger partial charge in [-0.1, -0.05) is 6.92 Å². The number of rotatable bonds is 5. The van der Waals surface area contributed by atoms with E-state index in [0.29, 0.717) is 12.0 Å². The fourth-order valence-electron chi connectivity index (χ4n) is 1.85. The van der Waals surface area contributed by atoms with Crippen LogP contribution >= 0.6 is 0 Å². The van der Waals surface area contributed by atoms with Crippen molar-refractivity contribution in [3.05, 3.63) is 35.1 Å². The van der Waals surface area contributed by atoms with Crippen molar-refractivity contribution >= 4 is 5.91 Å². The van der Waals surface area contributed by atoms with Crippen LogP contribution in [0.5, 0.6) is 0 Å². The summed E-state index contributed by atoms with van der Waals surface area (Å²) < 4.78 is 50.9. The molecule has 114 valence electrons. The van der Waals surface area contributed by atoms with E-state index in [0.717, 1.165) is 6.07 Å². The van der Waals surface area contributed by atoms with E-state index in [-0.39, 0.29) is 12.1 Å². The van der Waals surface area contributed by atoms with Crippen LogP contribution in [-0.2, 0) is 6.42 Å². The number of carbonyl (C=O) groups is 1. The van der Waals surface area contributed by atoms with Crippen LogP contribution in [0.3, 0.4) is 0 Å². The molecule has 1 aliphatic rings. The highest BCUT2D eigenvalue weighted by Crippen LogP contribution is 2.46. The van der Waals surface area contributed by atoms with Gasteiger partial charge in [-0.3, -0.25) is 4.79 Å². The van der Waals surface area contributed by atoms with Gasteiger partial charge >= 0.3 is 6.18 Å². The summed E-state index contributed by atoms with van der Waals surface area (Å²) in [6.07, 6.45) is -4.46. The average molecular weight is 303 g/mol. The van der Waals surface area contributed by atoms with Gasteiger partial charge in [-0.2, -0.15) is 13.2 Å². The molecule has 0 fully saturated rings. The molecule has 0 atom stereocenters. The minimum atomic E-state index is -4.55. The molecule has 21 heavy (non-hydrogen) atoms. The largest absolute Gasteiger partial charge is 0.437 e. The fourth-order valence-corrected chi connectivity index (χ4v) is 1.85. The molecule has 1 heterocycles. The molecule has 0 aliphatic carbocycles. The molecule has 0 spiro atoms. The Morgan fingerprint density at radius 1 is 1.29 bits per heavy atom. The molecule has 0 radical (unpaired) electrons. The summed E-state index contributed by atoms with van der Waals surface area (Å²) in [4.78, 5) is 11.8. The van der Waals surface area contributed by atoms with Crippen molar-refractivity contribution in [3.63, 3.8) is 0 Å². The fraction of sp³-hybridized carbons (Fsp3) is 0.462. The summed E-state index contributed by atoms with van der Waals surface area (Å²) in [6.45, 7) is 1.56. The first-order valence-electron chi connectivity index (χ1n) is 6.36. The summed E-state index contributed by atoms with van der Waals surface area (Å²) in [5, 5.41) is 8.33. The van der Waals surface area contributed by atoms with Crippen LogP contribution in [0, 0.1) is 5.82 Å². The predicted molar refractivity (Wildman–Crippen MR) is 66.4 cm³/mol. The van der Waals surface area contributed by atoms with Crippen molar-refractivity contribution in [2.75, 3.05) is 6.54 Å². The van der Waals surface area contributed by atoms with Crippen molar-refractivity contribution in [1.82, 2.24) is 5.32 Å². The highest BCUT2D eigenvalue weighted by atomic mass is 19.4. The van der Waals surface area contributed by atoms with E-state index in [1.807, 2.05) is 0 Å². The maximum atomic E-state index is 13.3. The zero-order valence-corrected chi connectivity index (χ0v) is 11.2. The van der Waals surface area contributed by atoms with Gasteiger partial charge in [0.1, 0.15) is 5.82 Å². The molecule has 4 nitrogen and oxygen atoms in total. The van der Waals surface area contributed by atoms with Crippen LogP contribution in [0.4, 0.5) is 17.6 Å². The summed E-state index contributed by atoms with van der Waals surface area (Å²) in [7, 11) is 0. The number of hydrogen-bond acceptors (Lipinski definition) is 3. The lowest BCUT2D eigenvalue weighted by molar-refractivity contribution is -0.164. The summed E-state index contributed by atoms with van der Waals surface area (Å²) in [5.74, 6) is -1.18. The van der Waals surface area contributed by atoms with E-state index < -0.39 is 30.0 Å². The predicted octanol–water partition coefficient (Wildman–Crippen LogP) is 3.23. The maximum absolute atomic E-state index is 13.3. The van der Waals surface area contributed by atoms with Gasteiger partial charge in [-0.05, 0) is 30.2 Å². The molecule has 1 N–H and O–H groups in total. The van der Waals surface area contributed by atoms with Crippen LogP contribution in [0.2, 0.25) is 0 Å². The maximum Gasteiger partial charge on any atom is 0.437 e. The molecule has 1 aromatic rings. The molecular weight excluding hydrogens is 290 g/mol. The van der Waals surface area contributed by atoms with Gasteiger partial charge in [-0.15, -0.1) is 10.2 Å². The molecule has 1 amide bonds. The Bertz CT molecular complexity index is 577. The van der Waals surface area contributed by atoms with Crippen molar-refractivity contribution in [2.45, 2.75) is 31.6 Å². The molecule has 0 bridgehead atoms. The Labute approximate surface area is 118 Å². The van der Waals surface area contributed by atoms with E-state index >= 15 is 0 Å². The van der Waals surface area contributed by atoms with Crippen LogP contribution in [0.15, 0.2) is 28.4 Å². The monoisotopic (exact) mass is 303 g/mol. The summed E-state index contributed by atoms with van der Waals surface area (Å²) >= 11 is 0. The van der Waals surface area contributed by atoms with E-state index in [2.05, 4.69) is 15.5 Å². The number of aryl methyl sites for hydroxylation is 1. The van der Waals surface area contributed by atoms with Crippen LogP contribution in [0.25, 0.3) is 0 Å². The molecule has 0 saturated heterocycles. The molecule has 0 unspecified atom stereocenters. The first-order chi connectivity index (χ1) is 9.77. The Morgan fingerprint density at radius 2 is 1.95 bits per heavy atom. The molecular formula is C13H13F4N3O. The minimum Gasteiger partial charge on any atom is -0.352 e. The highest BCUT2D eigenvalue weighted by Gasteiger charge is 2.63. The topological polar surface area (TPSA) is 53.8 Å². The second kappa shape index (κ2) is 5.42. The normalized spacial score (nSPS) is 15.9. The SMILES string of the molecule is CCc1cc(F)cc(C(=O)NCCC2(C(F)(F)F)N=N2)c1. The molecule has 0 aromatic heterocycles. The van der Waals surface area contributed by atoms with Gasteiger partial charge < -0.3 is 5.32 Å². The second-order valence-corrected chi connectivity index (χ2v) is 4.72. The lowest BCUT2D eigenvalue weighted by Crippen LogP contribution is -2.37. The van der Waals surface area contributed by atoms with Gasteiger partial charge in [0.25, 0.3) is 11.6 Å². The Balaban J connectivity index is 1.92. The summed E-state index contributed by atoms with van der Waals surface area (Å²) in [5.41, 5.74) is -1.66. The van der Waals surface area contributed by atoms with Crippen molar-refractivity contribution in [3.8, 4) is 0 Å². The minimum absolute atomic E-state index is 0.0811. The number of hydrogen-bond donors (Lipinski definition) is 1. The quantitative estimate of drug-likeness (QED) is 0.834. The number of carbonyl (C=O) groups excluding carboxylic acids is 1. The lowest BCUT2D eigenvalue weighted by Gasteiger charge is -2.14. The summed E-state index contributed by atoms with van der Waals surface area (Å²) in [6, 6.07) is 3.85. The van der Waals surface area contributed by atoms with Gasteiger partial charge in [0.15, 0.2) is 0 Å². The first kappa shape index (κ1) is 15.4. The van der Waals surface area contributed by atoms with Gasteiger partial charge in [-0.25, -0.2) is 4.39 Å². The highest BCUT2D eigenvalue weighted by molar-refractivity contribution is 5.94. The zero-order valence-electron chi connectivity index (χ0n) is 11.2. The Morgan fingerprint density at radius 3 is 2.48 bits per heavy atom. The number of alkyl halides is 3. The molecule has 8 heteroatoms. The third-order valence-corrected chi connectivity index (χ3v) is 3.18. The van der Waals surface area contributed by atoms with Crippen molar-refractivity contribution < 1.29 is 22.4 Å². The van der Waals surface area contributed by atoms with E-state index in [9.17, 15) is 22.4 Å². The third kappa shape index (κ3) is 3.37. The van der Waals surface area contributed by atoms with Crippen LogP contribution < -0.4 is 5.32 Å². The van der Waals surface area contributed by atoms with Crippen LogP contribution in [-0.4, -0.2) is 24.3 Å². The van der Waals surface area contributed by atoms with Gasteiger partial charge in [0, 0.05) is 18.5 Å².